The lowest BCUT2D eigenvalue weighted by Gasteiger charge is -2.29. The minimum absolute atomic E-state index is 0.0121. The van der Waals surface area contributed by atoms with Crippen LogP contribution in [0.3, 0.4) is 0 Å². The Hall–Kier alpha value is -1.30. The van der Waals surface area contributed by atoms with E-state index < -0.39 is 5.92 Å². The third-order valence-electron chi connectivity index (χ3n) is 3.51. The van der Waals surface area contributed by atoms with Crippen molar-refractivity contribution in [1.82, 2.24) is 4.90 Å². The molecule has 1 heterocycles. The Bertz CT molecular complexity index is 325. The molecule has 1 saturated heterocycles. The lowest BCUT2D eigenvalue weighted by molar-refractivity contribution is -0.135. The van der Waals surface area contributed by atoms with E-state index >= 15 is 0 Å². The number of hydrogen-bond donors (Lipinski definition) is 2. The smallest absolute Gasteiger partial charge is 0.233 e. The Morgan fingerprint density at radius 2 is 2.26 bits per heavy atom. The number of carbonyl (C=O) groups is 1. The fourth-order valence-corrected chi connectivity index (χ4v) is 2.42. The molecule has 0 aliphatic carbocycles. The summed E-state index contributed by atoms with van der Waals surface area (Å²) in [6.45, 7) is 7.65. The molecule has 2 atom stereocenters. The quantitative estimate of drug-likeness (QED) is 0.327. The average molecular weight is 271 g/mol. The zero-order valence-corrected chi connectivity index (χ0v) is 12.0. The van der Waals surface area contributed by atoms with Crippen molar-refractivity contribution in [3.05, 3.63) is 0 Å². The molecule has 1 amide bonds. The first-order chi connectivity index (χ1) is 9.01. The zero-order valence-electron chi connectivity index (χ0n) is 12.0. The van der Waals surface area contributed by atoms with E-state index in [0.717, 1.165) is 19.4 Å². The predicted octanol–water partition coefficient (Wildman–Crippen LogP) is 1.03. The summed E-state index contributed by atoms with van der Waals surface area (Å²) in [5.41, 5.74) is 5.64. The van der Waals surface area contributed by atoms with Crippen LogP contribution in [0.2, 0.25) is 0 Å². The van der Waals surface area contributed by atoms with Gasteiger partial charge in [-0.3, -0.25) is 4.79 Å². The lowest BCUT2D eigenvalue weighted by Crippen LogP contribution is -2.46. The minimum Gasteiger partial charge on any atom is -0.409 e. The molecule has 0 radical (unpaired) electrons. The summed E-state index contributed by atoms with van der Waals surface area (Å²) in [6.07, 6.45) is 2.15. The van der Waals surface area contributed by atoms with Crippen molar-refractivity contribution >= 4 is 11.7 Å². The van der Waals surface area contributed by atoms with Crippen molar-refractivity contribution < 1.29 is 14.7 Å². The number of nitrogens with zero attached hydrogens (tertiary/aromatic N) is 2. The van der Waals surface area contributed by atoms with E-state index in [9.17, 15) is 4.79 Å². The molecule has 6 nitrogen and oxygen atoms in total. The highest BCUT2D eigenvalue weighted by Gasteiger charge is 2.32. The monoisotopic (exact) mass is 271 g/mol. The highest BCUT2D eigenvalue weighted by atomic mass is 16.5. The zero-order chi connectivity index (χ0) is 14.4. The summed E-state index contributed by atoms with van der Waals surface area (Å²) < 4.78 is 5.56. The van der Waals surface area contributed by atoms with E-state index in [4.69, 9.17) is 15.7 Å². The third-order valence-corrected chi connectivity index (χ3v) is 3.51. The molecule has 0 saturated carbocycles. The van der Waals surface area contributed by atoms with Gasteiger partial charge >= 0.3 is 0 Å². The van der Waals surface area contributed by atoms with Crippen LogP contribution in [0, 0.1) is 11.8 Å². The maximum absolute atomic E-state index is 12.5. The van der Waals surface area contributed by atoms with Gasteiger partial charge in [-0.05, 0) is 25.7 Å². The van der Waals surface area contributed by atoms with Crippen LogP contribution in [0.5, 0.6) is 0 Å². The van der Waals surface area contributed by atoms with Gasteiger partial charge in [0.15, 0.2) is 5.84 Å². The van der Waals surface area contributed by atoms with Crippen LogP contribution in [0.4, 0.5) is 0 Å². The van der Waals surface area contributed by atoms with Gasteiger partial charge in [-0.1, -0.05) is 19.0 Å². The van der Waals surface area contributed by atoms with Crippen molar-refractivity contribution in [2.75, 3.05) is 19.7 Å². The Labute approximate surface area is 114 Å². The highest BCUT2D eigenvalue weighted by molar-refractivity contribution is 6.02. The number of oxime groups is 1. The van der Waals surface area contributed by atoms with Crippen LogP contribution < -0.4 is 5.73 Å². The Morgan fingerprint density at radius 1 is 1.58 bits per heavy atom. The van der Waals surface area contributed by atoms with E-state index in [1.165, 1.54) is 0 Å². The molecule has 1 rings (SSSR count). The molecule has 1 aliphatic heterocycles. The summed E-state index contributed by atoms with van der Waals surface area (Å²) >= 11 is 0. The Kier molecular flexibility index (Phi) is 6.08. The van der Waals surface area contributed by atoms with Gasteiger partial charge < -0.3 is 20.6 Å². The normalized spacial score (nSPS) is 21.7. The van der Waals surface area contributed by atoms with Crippen LogP contribution in [0.1, 0.15) is 33.6 Å². The molecule has 0 aromatic carbocycles. The molecule has 0 aromatic heterocycles. The van der Waals surface area contributed by atoms with Gasteiger partial charge in [0.25, 0.3) is 0 Å². The van der Waals surface area contributed by atoms with Crippen LogP contribution in [0.25, 0.3) is 0 Å². The Morgan fingerprint density at radius 3 is 2.68 bits per heavy atom. The van der Waals surface area contributed by atoms with Gasteiger partial charge in [-0.25, -0.2) is 0 Å². The number of hydrogen-bond acceptors (Lipinski definition) is 4. The molecule has 110 valence electrons. The Balaban J connectivity index is 2.74. The predicted molar refractivity (Wildman–Crippen MR) is 73.0 cm³/mol. The molecule has 19 heavy (non-hydrogen) atoms. The second-order valence-corrected chi connectivity index (χ2v) is 5.26. The SMILES string of the molecule is CCN(CC1CCCO1)C(=O)C(C(N)=NO)C(C)C. The number of nitrogens with two attached hydrogens (primary N) is 1. The number of rotatable bonds is 6. The molecule has 6 heteroatoms. The van der Waals surface area contributed by atoms with Gasteiger partial charge in [0.05, 0.1) is 6.10 Å². The van der Waals surface area contributed by atoms with Gasteiger partial charge in [-0.2, -0.15) is 0 Å². The summed E-state index contributed by atoms with van der Waals surface area (Å²) in [7, 11) is 0. The molecular weight excluding hydrogens is 246 g/mol. The molecule has 2 unspecified atom stereocenters. The number of amidine groups is 1. The van der Waals surface area contributed by atoms with E-state index in [0.29, 0.717) is 13.1 Å². The third kappa shape index (κ3) is 4.09. The van der Waals surface area contributed by atoms with E-state index in [1.54, 1.807) is 4.90 Å². The minimum atomic E-state index is -0.577. The second kappa shape index (κ2) is 7.33. The molecule has 0 aromatic rings. The molecule has 0 spiro atoms. The van der Waals surface area contributed by atoms with Crippen molar-refractivity contribution in [1.29, 1.82) is 0 Å². The standard InChI is InChI=1S/C13H25N3O3/c1-4-16(8-10-6-5-7-19-10)13(17)11(9(2)3)12(14)15-18/h9-11,18H,4-8H2,1-3H3,(H2,14,15). The summed E-state index contributed by atoms with van der Waals surface area (Å²) in [5, 5.41) is 11.8. The number of likely N-dealkylation sites (N-methyl/N-ethyl adjacent to an activating group) is 1. The van der Waals surface area contributed by atoms with Crippen molar-refractivity contribution in [3.8, 4) is 0 Å². The molecule has 1 fully saturated rings. The fourth-order valence-electron chi connectivity index (χ4n) is 2.42. The first kappa shape index (κ1) is 15.8. The number of ether oxygens (including phenoxy) is 1. The largest absolute Gasteiger partial charge is 0.409 e. The average Bonchev–Trinajstić information content (AvgIpc) is 2.88. The number of amides is 1. The van der Waals surface area contributed by atoms with E-state index in [2.05, 4.69) is 5.16 Å². The van der Waals surface area contributed by atoms with Crippen LogP contribution in [0.15, 0.2) is 5.16 Å². The van der Waals surface area contributed by atoms with Gasteiger partial charge in [0.2, 0.25) is 5.91 Å². The first-order valence-electron chi connectivity index (χ1n) is 6.89. The van der Waals surface area contributed by atoms with Crippen LogP contribution >= 0.6 is 0 Å². The lowest BCUT2D eigenvalue weighted by atomic mass is 9.93. The van der Waals surface area contributed by atoms with Gasteiger partial charge in [0, 0.05) is 19.7 Å². The van der Waals surface area contributed by atoms with Crippen LogP contribution in [-0.4, -0.2) is 47.7 Å². The maximum atomic E-state index is 12.5. The topological polar surface area (TPSA) is 88.2 Å². The summed E-state index contributed by atoms with van der Waals surface area (Å²) in [6, 6.07) is 0. The van der Waals surface area contributed by atoms with Gasteiger partial charge in [-0.15, -0.1) is 0 Å². The highest BCUT2D eigenvalue weighted by Crippen LogP contribution is 2.18. The maximum Gasteiger partial charge on any atom is 0.233 e. The molecule has 0 bridgehead atoms. The van der Waals surface area contributed by atoms with Crippen LogP contribution in [-0.2, 0) is 9.53 Å². The first-order valence-corrected chi connectivity index (χ1v) is 6.89. The van der Waals surface area contributed by atoms with E-state index in [-0.39, 0.29) is 23.8 Å². The summed E-state index contributed by atoms with van der Waals surface area (Å²) in [4.78, 5) is 14.2. The summed E-state index contributed by atoms with van der Waals surface area (Å²) in [5.74, 6) is -0.706. The number of carbonyl (C=O) groups excluding carboxylic acids is 1. The van der Waals surface area contributed by atoms with Crippen molar-refractivity contribution in [3.63, 3.8) is 0 Å². The van der Waals surface area contributed by atoms with Gasteiger partial charge in [0.1, 0.15) is 5.92 Å². The fraction of sp³-hybridized carbons (Fsp3) is 0.846. The molecule has 3 N–H and O–H groups in total. The molecule has 1 aliphatic rings. The second-order valence-electron chi connectivity index (χ2n) is 5.26. The van der Waals surface area contributed by atoms with E-state index in [1.807, 2.05) is 20.8 Å². The van der Waals surface area contributed by atoms with Crippen molar-refractivity contribution in [2.24, 2.45) is 22.7 Å². The molecular formula is C13H25N3O3. The van der Waals surface area contributed by atoms with Crippen molar-refractivity contribution in [2.45, 2.75) is 39.7 Å².